The van der Waals surface area contributed by atoms with Crippen LogP contribution in [-0.2, 0) is 4.79 Å². The molecule has 0 saturated carbocycles. The quantitative estimate of drug-likeness (QED) is 0.685. The van der Waals surface area contributed by atoms with E-state index in [1.165, 1.54) is 0 Å². The van der Waals surface area contributed by atoms with Crippen LogP contribution in [0, 0.1) is 0 Å². The van der Waals surface area contributed by atoms with E-state index in [1.807, 2.05) is 13.8 Å². The zero-order chi connectivity index (χ0) is 13.6. The van der Waals surface area contributed by atoms with Gasteiger partial charge in [-0.05, 0) is 47.6 Å². The molecule has 0 heterocycles. The average molecular weight is 244 g/mol. The highest BCUT2D eigenvalue weighted by molar-refractivity contribution is 5.78. The van der Waals surface area contributed by atoms with Crippen LogP contribution in [-0.4, -0.2) is 46.7 Å². The Kier molecular flexibility index (Phi) is 6.72. The van der Waals surface area contributed by atoms with Gasteiger partial charge in [0.05, 0.1) is 0 Å². The Balaban J connectivity index is 4.76. The van der Waals surface area contributed by atoms with Gasteiger partial charge < -0.3 is 5.11 Å². The molecule has 0 aliphatic rings. The molecule has 0 spiro atoms. The van der Waals surface area contributed by atoms with Crippen molar-refractivity contribution < 1.29 is 9.90 Å². The van der Waals surface area contributed by atoms with Crippen molar-refractivity contribution in [1.29, 1.82) is 0 Å². The summed E-state index contributed by atoms with van der Waals surface area (Å²) in [5.41, 5.74) is -0.881. The van der Waals surface area contributed by atoms with Gasteiger partial charge in [0.2, 0.25) is 0 Å². The molecule has 0 saturated heterocycles. The van der Waals surface area contributed by atoms with Crippen LogP contribution in [0.4, 0.5) is 0 Å². The van der Waals surface area contributed by atoms with Gasteiger partial charge in [-0.3, -0.25) is 15.0 Å². The Morgan fingerprint density at radius 1 is 1.35 bits per heavy atom. The maximum absolute atomic E-state index is 11.4. The van der Waals surface area contributed by atoms with Crippen LogP contribution in [0.3, 0.4) is 0 Å². The van der Waals surface area contributed by atoms with Crippen molar-refractivity contribution in [2.24, 2.45) is 0 Å². The van der Waals surface area contributed by atoms with Crippen LogP contribution in [0.2, 0.25) is 0 Å². The van der Waals surface area contributed by atoms with E-state index in [9.17, 15) is 9.90 Å². The molecule has 0 amide bonds. The minimum Gasteiger partial charge on any atom is -0.480 e. The van der Waals surface area contributed by atoms with Crippen LogP contribution in [0.1, 0.15) is 48.0 Å². The van der Waals surface area contributed by atoms with Crippen LogP contribution in [0.15, 0.2) is 0 Å². The van der Waals surface area contributed by atoms with Gasteiger partial charge in [-0.15, -0.1) is 0 Å². The van der Waals surface area contributed by atoms with E-state index in [-0.39, 0.29) is 6.04 Å². The number of carboxylic acid groups (broad SMARTS) is 1. The zero-order valence-electron chi connectivity index (χ0n) is 12.1. The Morgan fingerprint density at radius 2 is 1.88 bits per heavy atom. The first-order chi connectivity index (χ1) is 7.73. The lowest BCUT2D eigenvalue weighted by atomic mass is 9.99. The number of hydrogen-bond acceptors (Lipinski definition) is 3. The van der Waals surface area contributed by atoms with Gasteiger partial charge in [-0.1, -0.05) is 6.92 Å². The second-order valence-electron chi connectivity index (χ2n) is 5.50. The molecule has 1 atom stereocenters. The first-order valence-corrected chi connectivity index (χ1v) is 6.48. The second kappa shape index (κ2) is 6.97. The van der Waals surface area contributed by atoms with Crippen LogP contribution >= 0.6 is 0 Å². The standard InChI is InChI=1S/C13H28N2O2/c1-7-8-15(11(4)5)9-13(6,12(16)17)14-10(2)3/h10-11,14H,7-9H2,1-6H3,(H,16,17). The monoisotopic (exact) mass is 244 g/mol. The summed E-state index contributed by atoms with van der Waals surface area (Å²) in [4.78, 5) is 13.6. The third kappa shape index (κ3) is 5.50. The zero-order valence-corrected chi connectivity index (χ0v) is 12.1. The number of hydrogen-bond donors (Lipinski definition) is 2. The minimum absolute atomic E-state index is 0.159. The van der Waals surface area contributed by atoms with E-state index in [0.29, 0.717) is 12.6 Å². The van der Waals surface area contributed by atoms with Gasteiger partial charge in [0.1, 0.15) is 5.54 Å². The highest BCUT2D eigenvalue weighted by Crippen LogP contribution is 2.12. The lowest BCUT2D eigenvalue weighted by Crippen LogP contribution is -2.59. The van der Waals surface area contributed by atoms with Gasteiger partial charge in [-0.2, -0.15) is 0 Å². The summed E-state index contributed by atoms with van der Waals surface area (Å²) < 4.78 is 0. The van der Waals surface area contributed by atoms with Gasteiger partial charge in [0.15, 0.2) is 0 Å². The fraction of sp³-hybridized carbons (Fsp3) is 0.923. The van der Waals surface area contributed by atoms with E-state index >= 15 is 0 Å². The van der Waals surface area contributed by atoms with E-state index in [4.69, 9.17) is 0 Å². The fourth-order valence-electron chi connectivity index (χ4n) is 2.03. The largest absolute Gasteiger partial charge is 0.480 e. The smallest absolute Gasteiger partial charge is 0.324 e. The van der Waals surface area contributed by atoms with Crippen molar-refractivity contribution in [2.45, 2.75) is 65.6 Å². The SMILES string of the molecule is CCCN(CC(C)(NC(C)C)C(=O)O)C(C)C. The summed E-state index contributed by atoms with van der Waals surface area (Å²) >= 11 is 0. The summed E-state index contributed by atoms with van der Waals surface area (Å²) in [5.74, 6) is -0.784. The molecule has 0 aliphatic heterocycles. The van der Waals surface area contributed by atoms with Crippen molar-refractivity contribution in [3.63, 3.8) is 0 Å². The molecule has 0 aromatic carbocycles. The molecule has 4 nitrogen and oxygen atoms in total. The van der Waals surface area contributed by atoms with Crippen LogP contribution in [0.25, 0.3) is 0 Å². The molecule has 0 aliphatic carbocycles. The summed E-state index contributed by atoms with van der Waals surface area (Å²) in [6.07, 6.45) is 1.04. The molecular weight excluding hydrogens is 216 g/mol. The summed E-state index contributed by atoms with van der Waals surface area (Å²) in [6.45, 7) is 13.5. The Morgan fingerprint density at radius 3 is 2.18 bits per heavy atom. The number of rotatable bonds is 8. The number of nitrogens with one attached hydrogen (secondary N) is 1. The highest BCUT2D eigenvalue weighted by Gasteiger charge is 2.35. The molecule has 1 unspecified atom stereocenters. The van der Waals surface area contributed by atoms with Gasteiger partial charge >= 0.3 is 5.97 Å². The van der Waals surface area contributed by atoms with Crippen LogP contribution in [0.5, 0.6) is 0 Å². The number of aliphatic carboxylic acids is 1. The minimum atomic E-state index is -0.881. The van der Waals surface area contributed by atoms with E-state index < -0.39 is 11.5 Å². The van der Waals surface area contributed by atoms with Crippen molar-refractivity contribution in [3.05, 3.63) is 0 Å². The van der Waals surface area contributed by atoms with E-state index in [0.717, 1.165) is 13.0 Å². The fourth-order valence-corrected chi connectivity index (χ4v) is 2.03. The molecule has 0 bridgehead atoms. The molecule has 17 heavy (non-hydrogen) atoms. The Labute approximate surface area is 105 Å². The molecular formula is C13H28N2O2. The lowest BCUT2D eigenvalue weighted by Gasteiger charge is -2.36. The first kappa shape index (κ1) is 16.4. The van der Waals surface area contributed by atoms with Crippen molar-refractivity contribution in [2.75, 3.05) is 13.1 Å². The topological polar surface area (TPSA) is 52.6 Å². The summed E-state index contributed by atoms with van der Waals surface area (Å²) in [5, 5.41) is 12.5. The second-order valence-corrected chi connectivity index (χ2v) is 5.50. The van der Waals surface area contributed by atoms with Gasteiger partial charge in [-0.25, -0.2) is 0 Å². The summed E-state index contributed by atoms with van der Waals surface area (Å²) in [7, 11) is 0. The molecule has 0 rings (SSSR count). The lowest BCUT2D eigenvalue weighted by molar-refractivity contribution is -0.145. The number of carbonyl (C=O) groups is 1. The molecule has 4 heteroatoms. The predicted octanol–water partition coefficient (Wildman–Crippen LogP) is 1.95. The van der Waals surface area contributed by atoms with Crippen molar-refractivity contribution in [1.82, 2.24) is 10.2 Å². The Bertz CT molecular complexity index is 242. The van der Waals surface area contributed by atoms with Crippen LogP contribution < -0.4 is 5.32 Å². The maximum atomic E-state index is 11.4. The molecule has 102 valence electrons. The average Bonchev–Trinajstić information content (AvgIpc) is 2.15. The van der Waals surface area contributed by atoms with Crippen molar-refractivity contribution in [3.8, 4) is 0 Å². The summed E-state index contributed by atoms with van der Waals surface area (Å²) in [6, 6.07) is 0.523. The first-order valence-electron chi connectivity index (χ1n) is 6.48. The molecule has 2 N–H and O–H groups in total. The third-order valence-electron chi connectivity index (χ3n) is 2.84. The predicted molar refractivity (Wildman–Crippen MR) is 71.3 cm³/mol. The van der Waals surface area contributed by atoms with E-state index in [2.05, 4.69) is 31.0 Å². The third-order valence-corrected chi connectivity index (χ3v) is 2.84. The van der Waals surface area contributed by atoms with Gasteiger partial charge in [0, 0.05) is 18.6 Å². The molecule has 0 fully saturated rings. The highest BCUT2D eigenvalue weighted by atomic mass is 16.4. The molecule has 0 radical (unpaired) electrons. The van der Waals surface area contributed by atoms with Crippen molar-refractivity contribution >= 4 is 5.97 Å². The maximum Gasteiger partial charge on any atom is 0.324 e. The van der Waals surface area contributed by atoms with Gasteiger partial charge in [0.25, 0.3) is 0 Å². The normalized spacial score (nSPS) is 15.6. The number of carboxylic acids is 1. The van der Waals surface area contributed by atoms with E-state index in [1.54, 1.807) is 6.92 Å². The Hall–Kier alpha value is -0.610. The molecule has 0 aromatic rings. The number of nitrogens with zero attached hydrogens (tertiary/aromatic N) is 1. The molecule has 0 aromatic heterocycles.